The van der Waals surface area contributed by atoms with Gasteiger partial charge in [0.2, 0.25) is 0 Å². The number of thiophene rings is 1. The van der Waals surface area contributed by atoms with Gasteiger partial charge in [-0.1, -0.05) is 0 Å². The third-order valence-electron chi connectivity index (χ3n) is 3.46. The van der Waals surface area contributed by atoms with E-state index in [-0.39, 0.29) is 12.0 Å². The predicted molar refractivity (Wildman–Crippen MR) is 59.4 cm³/mol. The first-order valence-electron chi connectivity index (χ1n) is 5.49. The number of ketones is 1. The summed E-state index contributed by atoms with van der Waals surface area (Å²) in [6.45, 7) is 2.04. The molecule has 0 N–H and O–H groups in total. The summed E-state index contributed by atoms with van der Waals surface area (Å²) in [4.78, 5) is 13.4. The average Bonchev–Trinajstić information content (AvgIpc) is 2.90. The molecule has 2 aliphatic heterocycles. The molecule has 1 aromatic rings. The average molecular weight is 222 g/mol. The summed E-state index contributed by atoms with van der Waals surface area (Å²) in [5, 5.41) is 1.98. The molecular weight excluding hydrogens is 208 g/mol. The van der Waals surface area contributed by atoms with Crippen LogP contribution in [0.1, 0.15) is 34.5 Å². The molecule has 1 aromatic heterocycles. The molecule has 2 bridgehead atoms. The lowest BCUT2D eigenvalue weighted by Gasteiger charge is -2.16. The smallest absolute Gasteiger partial charge is 0.169 e. The van der Waals surface area contributed by atoms with Crippen LogP contribution in [-0.4, -0.2) is 18.0 Å². The SMILES string of the molecule is Cc1cc(C(=O)C2CC3CCC2O3)cs1. The number of ether oxygens (including phenoxy) is 1. The second kappa shape index (κ2) is 3.42. The highest BCUT2D eigenvalue weighted by Gasteiger charge is 2.44. The molecule has 15 heavy (non-hydrogen) atoms. The normalized spacial score (nSPS) is 33.5. The molecule has 3 rings (SSSR count). The van der Waals surface area contributed by atoms with Crippen molar-refractivity contribution in [2.45, 2.75) is 38.4 Å². The number of Topliss-reactive ketones (excluding diaryl/α,β-unsaturated/α-hetero) is 1. The molecule has 2 fully saturated rings. The minimum atomic E-state index is 0.137. The Morgan fingerprint density at radius 2 is 2.40 bits per heavy atom. The second-order valence-electron chi connectivity index (χ2n) is 4.53. The first-order valence-corrected chi connectivity index (χ1v) is 6.37. The summed E-state index contributed by atoms with van der Waals surface area (Å²) in [5.74, 6) is 0.435. The molecule has 0 aliphatic carbocycles. The van der Waals surface area contributed by atoms with Crippen molar-refractivity contribution in [3.05, 3.63) is 21.9 Å². The van der Waals surface area contributed by atoms with Crippen LogP contribution < -0.4 is 0 Å². The first kappa shape index (κ1) is 9.55. The predicted octanol–water partition coefficient (Wildman–Crippen LogP) is 2.81. The second-order valence-corrected chi connectivity index (χ2v) is 5.64. The van der Waals surface area contributed by atoms with Crippen LogP contribution in [0.4, 0.5) is 0 Å². The number of aryl methyl sites for hydroxylation is 1. The van der Waals surface area contributed by atoms with Gasteiger partial charge in [-0.2, -0.15) is 0 Å². The summed E-state index contributed by atoms with van der Waals surface area (Å²) in [6.07, 6.45) is 3.74. The standard InChI is InChI=1S/C12H14O2S/c1-7-4-8(6-15-7)12(13)10-5-9-2-3-11(10)14-9/h4,6,9-11H,2-3,5H2,1H3. The first-order chi connectivity index (χ1) is 7.24. The topological polar surface area (TPSA) is 26.3 Å². The fourth-order valence-corrected chi connectivity index (χ4v) is 3.39. The Bertz CT molecular complexity index is 396. The summed E-state index contributed by atoms with van der Waals surface area (Å²) >= 11 is 1.65. The van der Waals surface area contributed by atoms with E-state index in [9.17, 15) is 4.79 Å². The number of carbonyl (C=O) groups is 1. The molecule has 2 nitrogen and oxygen atoms in total. The molecule has 3 atom stereocenters. The van der Waals surface area contributed by atoms with Crippen LogP contribution >= 0.6 is 11.3 Å². The van der Waals surface area contributed by atoms with E-state index in [1.165, 1.54) is 4.88 Å². The van der Waals surface area contributed by atoms with Crippen LogP contribution in [0, 0.1) is 12.8 Å². The zero-order valence-corrected chi connectivity index (χ0v) is 9.55. The van der Waals surface area contributed by atoms with Crippen molar-refractivity contribution in [1.82, 2.24) is 0 Å². The van der Waals surface area contributed by atoms with Crippen molar-refractivity contribution < 1.29 is 9.53 Å². The Labute approximate surface area is 93.3 Å². The van der Waals surface area contributed by atoms with Gasteiger partial charge in [-0.3, -0.25) is 4.79 Å². The van der Waals surface area contributed by atoms with Gasteiger partial charge in [-0.25, -0.2) is 0 Å². The lowest BCUT2D eigenvalue weighted by Crippen LogP contribution is -2.25. The molecule has 80 valence electrons. The molecule has 0 amide bonds. The highest BCUT2D eigenvalue weighted by molar-refractivity contribution is 7.10. The van der Waals surface area contributed by atoms with E-state index in [2.05, 4.69) is 0 Å². The summed E-state index contributed by atoms with van der Waals surface area (Å²) in [5.41, 5.74) is 0.888. The zero-order chi connectivity index (χ0) is 10.4. The van der Waals surface area contributed by atoms with Crippen LogP contribution in [-0.2, 0) is 4.74 Å². The minimum absolute atomic E-state index is 0.137. The molecule has 2 saturated heterocycles. The van der Waals surface area contributed by atoms with Gasteiger partial charge in [0.1, 0.15) is 0 Å². The number of rotatable bonds is 2. The number of fused-ring (bicyclic) bond motifs is 2. The molecular formula is C12H14O2S. The molecule has 3 heteroatoms. The van der Waals surface area contributed by atoms with Crippen LogP contribution in [0.25, 0.3) is 0 Å². The molecule has 0 aromatic carbocycles. The van der Waals surface area contributed by atoms with Crippen molar-refractivity contribution in [1.29, 1.82) is 0 Å². The van der Waals surface area contributed by atoms with Crippen molar-refractivity contribution in [2.75, 3.05) is 0 Å². The maximum Gasteiger partial charge on any atom is 0.169 e. The third kappa shape index (κ3) is 1.54. The summed E-state index contributed by atoms with van der Waals surface area (Å²) in [7, 11) is 0. The van der Waals surface area contributed by atoms with Crippen molar-refractivity contribution in [3.63, 3.8) is 0 Å². The third-order valence-corrected chi connectivity index (χ3v) is 4.32. The monoisotopic (exact) mass is 222 g/mol. The zero-order valence-electron chi connectivity index (χ0n) is 8.73. The van der Waals surface area contributed by atoms with E-state index in [1.54, 1.807) is 11.3 Å². The van der Waals surface area contributed by atoms with Crippen LogP contribution in [0.2, 0.25) is 0 Å². The molecule has 3 unspecified atom stereocenters. The van der Waals surface area contributed by atoms with Gasteiger partial charge in [0.15, 0.2) is 5.78 Å². The van der Waals surface area contributed by atoms with Crippen molar-refractivity contribution in [2.24, 2.45) is 5.92 Å². The van der Waals surface area contributed by atoms with Gasteiger partial charge in [-0.15, -0.1) is 11.3 Å². The van der Waals surface area contributed by atoms with E-state index in [0.29, 0.717) is 11.9 Å². The Balaban J connectivity index is 1.81. The fraction of sp³-hybridized carbons (Fsp3) is 0.583. The summed E-state index contributed by atoms with van der Waals surface area (Å²) in [6, 6.07) is 2.00. The molecule has 3 heterocycles. The quantitative estimate of drug-likeness (QED) is 0.719. The lowest BCUT2D eigenvalue weighted by atomic mass is 9.84. The fourth-order valence-electron chi connectivity index (χ4n) is 2.70. The van der Waals surface area contributed by atoms with E-state index in [4.69, 9.17) is 4.74 Å². The maximum absolute atomic E-state index is 12.2. The van der Waals surface area contributed by atoms with E-state index in [1.807, 2.05) is 18.4 Å². The Kier molecular flexibility index (Phi) is 2.18. The minimum Gasteiger partial charge on any atom is -0.374 e. The summed E-state index contributed by atoms with van der Waals surface area (Å²) < 4.78 is 5.72. The van der Waals surface area contributed by atoms with Gasteiger partial charge < -0.3 is 4.74 Å². The van der Waals surface area contributed by atoms with E-state index in [0.717, 1.165) is 24.8 Å². The van der Waals surface area contributed by atoms with Crippen LogP contribution in [0.5, 0.6) is 0 Å². The molecule has 0 spiro atoms. The van der Waals surface area contributed by atoms with Gasteiger partial charge in [-0.05, 0) is 32.3 Å². The van der Waals surface area contributed by atoms with Gasteiger partial charge >= 0.3 is 0 Å². The Hall–Kier alpha value is -0.670. The van der Waals surface area contributed by atoms with E-state index >= 15 is 0 Å². The van der Waals surface area contributed by atoms with Crippen molar-refractivity contribution in [3.8, 4) is 0 Å². The highest BCUT2D eigenvalue weighted by atomic mass is 32.1. The van der Waals surface area contributed by atoms with Crippen molar-refractivity contribution >= 4 is 17.1 Å². The Morgan fingerprint density at radius 1 is 1.53 bits per heavy atom. The van der Waals surface area contributed by atoms with Crippen LogP contribution in [0.15, 0.2) is 11.4 Å². The molecule has 2 aliphatic rings. The largest absolute Gasteiger partial charge is 0.374 e. The van der Waals surface area contributed by atoms with Gasteiger partial charge in [0.25, 0.3) is 0 Å². The van der Waals surface area contributed by atoms with Gasteiger partial charge in [0, 0.05) is 15.8 Å². The highest BCUT2D eigenvalue weighted by Crippen LogP contribution is 2.40. The molecule has 0 radical (unpaired) electrons. The molecule has 0 saturated carbocycles. The lowest BCUT2D eigenvalue weighted by molar-refractivity contribution is 0.0743. The maximum atomic E-state index is 12.2. The van der Waals surface area contributed by atoms with Crippen LogP contribution in [0.3, 0.4) is 0 Å². The number of hydrogen-bond acceptors (Lipinski definition) is 3. The Morgan fingerprint density at radius 3 is 2.93 bits per heavy atom. The number of hydrogen-bond donors (Lipinski definition) is 0. The van der Waals surface area contributed by atoms with E-state index < -0.39 is 0 Å². The number of carbonyl (C=O) groups excluding carboxylic acids is 1. The van der Waals surface area contributed by atoms with Gasteiger partial charge in [0.05, 0.1) is 18.1 Å².